The molecule has 0 fully saturated rings. The monoisotopic (exact) mass is 906 g/mol. The Labute approximate surface area is 392 Å². The first-order chi connectivity index (χ1) is 32.2. The molecule has 1 aromatic heterocycles. The van der Waals surface area contributed by atoms with Crippen LogP contribution in [0.25, 0.3) is 39.4 Å². The van der Waals surface area contributed by atoms with Gasteiger partial charge in [-0.05, 0) is 134 Å². The van der Waals surface area contributed by atoms with E-state index in [4.69, 9.17) is 37.3 Å². The molecular formula is C57H59ClO8. The number of halogens is 1. The maximum absolute atomic E-state index is 8.49. The maximum Gasteiger partial charge on any atom is 0.361 e. The minimum Gasteiger partial charge on any atom is -0.494 e. The van der Waals surface area contributed by atoms with E-state index in [2.05, 4.69) is 159 Å². The topological polar surface area (TPSA) is 131 Å². The molecule has 0 radical (unpaired) electrons. The smallest absolute Gasteiger partial charge is 0.361 e. The van der Waals surface area contributed by atoms with Crippen molar-refractivity contribution in [2.75, 3.05) is 13.2 Å². The number of ether oxygens (including phenoxy) is 3. The summed E-state index contributed by atoms with van der Waals surface area (Å²) in [6, 6.07) is 40.4. The van der Waals surface area contributed by atoms with Crippen LogP contribution in [-0.4, -0.2) is 13.2 Å². The van der Waals surface area contributed by atoms with Gasteiger partial charge in [0.05, 0.1) is 36.0 Å². The average Bonchev–Trinajstić information content (AvgIpc) is 3.34. The third-order valence-corrected chi connectivity index (χ3v) is 11.8. The molecular weight excluding hydrogens is 848 g/mol. The van der Waals surface area contributed by atoms with E-state index < -0.39 is 10.2 Å². The largest absolute Gasteiger partial charge is 0.494 e. The van der Waals surface area contributed by atoms with E-state index in [1.165, 1.54) is 70.2 Å². The summed E-state index contributed by atoms with van der Waals surface area (Å²) < 4.78 is 59.8. The van der Waals surface area contributed by atoms with Gasteiger partial charge >= 0.3 is 11.5 Å². The average molecular weight is 908 g/mol. The van der Waals surface area contributed by atoms with Crippen molar-refractivity contribution in [3.63, 3.8) is 0 Å². The molecule has 8 nitrogen and oxygen atoms in total. The van der Waals surface area contributed by atoms with Gasteiger partial charge in [-0.25, -0.2) is 23.1 Å². The molecule has 0 amide bonds. The van der Waals surface area contributed by atoms with Crippen LogP contribution < -0.4 is 28.1 Å². The Balaban J connectivity index is 0.00000123. The fourth-order valence-corrected chi connectivity index (χ4v) is 8.51. The van der Waals surface area contributed by atoms with Crippen molar-refractivity contribution >= 4 is 16.9 Å². The van der Waals surface area contributed by atoms with Crippen LogP contribution in [0, 0.1) is 10.2 Å². The number of allylic oxidation sites excluding steroid dienone is 10. The normalized spacial score (nSPS) is 15.5. The van der Waals surface area contributed by atoms with E-state index in [-0.39, 0.29) is 0 Å². The van der Waals surface area contributed by atoms with Gasteiger partial charge in [-0.1, -0.05) is 124 Å². The number of hydrogen-bond acceptors (Lipinski definition) is 7. The molecule has 1 aliphatic heterocycles. The van der Waals surface area contributed by atoms with E-state index in [1.54, 1.807) is 0 Å². The molecule has 8 rings (SSSR count). The van der Waals surface area contributed by atoms with Crippen molar-refractivity contribution in [3.05, 3.63) is 191 Å². The molecule has 9 heteroatoms. The summed E-state index contributed by atoms with van der Waals surface area (Å²) in [5, 5.41) is 0. The maximum atomic E-state index is 8.49. The molecule has 3 aliphatic rings. The second-order valence-electron chi connectivity index (χ2n) is 16.6. The van der Waals surface area contributed by atoms with Crippen molar-refractivity contribution in [2.45, 2.75) is 90.9 Å². The molecule has 0 atom stereocenters. The van der Waals surface area contributed by atoms with Crippen molar-refractivity contribution in [1.29, 1.82) is 0 Å². The van der Waals surface area contributed by atoms with E-state index in [1.807, 2.05) is 6.07 Å². The Morgan fingerprint density at radius 3 is 1.83 bits per heavy atom. The first-order valence-corrected chi connectivity index (χ1v) is 24.5. The molecule has 0 saturated heterocycles. The summed E-state index contributed by atoms with van der Waals surface area (Å²) in [5.41, 5.74) is 12.0. The van der Waals surface area contributed by atoms with Crippen molar-refractivity contribution in [2.24, 2.45) is 0 Å². The molecule has 342 valence electrons. The molecule has 2 aliphatic carbocycles. The highest BCUT2D eigenvalue weighted by Crippen LogP contribution is 2.45. The fraction of sp³-hybridized carbons (Fsp3) is 0.281. The predicted molar refractivity (Wildman–Crippen MR) is 253 cm³/mol. The van der Waals surface area contributed by atoms with E-state index in [9.17, 15) is 0 Å². The lowest BCUT2D eigenvalue weighted by Crippen LogP contribution is -2.68. The van der Waals surface area contributed by atoms with Gasteiger partial charge in [0.2, 0.25) is 0 Å². The lowest BCUT2D eigenvalue weighted by Gasteiger charge is -2.29. The first kappa shape index (κ1) is 47.9. The Bertz CT molecular complexity index is 2540. The van der Waals surface area contributed by atoms with Crippen LogP contribution in [0.3, 0.4) is 0 Å². The third-order valence-electron chi connectivity index (χ3n) is 11.8. The second-order valence-corrected chi connectivity index (χ2v) is 17.4. The molecule has 0 saturated carbocycles. The van der Waals surface area contributed by atoms with Gasteiger partial charge in [-0.3, -0.25) is 0 Å². The molecule has 2 heterocycles. The van der Waals surface area contributed by atoms with Crippen LogP contribution in [-0.2, 0) is 11.2 Å². The van der Waals surface area contributed by atoms with Gasteiger partial charge in [0.25, 0.3) is 0 Å². The zero-order chi connectivity index (χ0) is 46.1. The Kier molecular flexibility index (Phi) is 17.4. The summed E-state index contributed by atoms with van der Waals surface area (Å²) >= 11 is 0. The molecule has 66 heavy (non-hydrogen) atoms. The van der Waals surface area contributed by atoms with Crippen molar-refractivity contribution in [1.82, 2.24) is 0 Å². The van der Waals surface area contributed by atoms with Gasteiger partial charge in [-0.15, -0.1) is 10.2 Å². The van der Waals surface area contributed by atoms with Crippen LogP contribution in [0.5, 0.6) is 11.5 Å². The van der Waals surface area contributed by atoms with E-state index in [0.29, 0.717) is 0 Å². The van der Waals surface area contributed by atoms with Crippen LogP contribution >= 0.6 is 0 Å². The van der Waals surface area contributed by atoms with Crippen LogP contribution in [0.15, 0.2) is 173 Å². The van der Waals surface area contributed by atoms with E-state index >= 15 is 0 Å². The minimum atomic E-state index is -4.94. The van der Waals surface area contributed by atoms with Gasteiger partial charge in [0, 0.05) is 16.7 Å². The zero-order valence-corrected chi connectivity index (χ0v) is 38.7. The summed E-state index contributed by atoms with van der Waals surface area (Å²) in [7, 11) is -4.94. The summed E-state index contributed by atoms with van der Waals surface area (Å²) in [4.78, 5) is 0. The number of unbranched alkanes of at least 4 members (excludes halogenated alkanes) is 4. The Morgan fingerprint density at radius 2 is 1.21 bits per heavy atom. The van der Waals surface area contributed by atoms with Gasteiger partial charge in [-0.2, -0.15) is 0 Å². The summed E-state index contributed by atoms with van der Waals surface area (Å²) in [5.74, 6) is 5.53. The molecule has 0 unspecified atom stereocenters. The number of fused-ring (bicyclic) bond motifs is 2. The highest BCUT2D eigenvalue weighted by Gasteiger charge is 2.31. The number of rotatable bonds is 17. The van der Waals surface area contributed by atoms with Crippen LogP contribution in [0.4, 0.5) is 0 Å². The highest BCUT2D eigenvalue weighted by atomic mass is 35.7. The lowest BCUT2D eigenvalue weighted by molar-refractivity contribution is -2.00. The quantitative estimate of drug-likeness (QED) is 0.0512. The van der Waals surface area contributed by atoms with Crippen molar-refractivity contribution in [3.8, 4) is 33.9 Å². The third kappa shape index (κ3) is 13.5. The predicted octanol–water partition coefficient (Wildman–Crippen LogP) is 11.1. The molecule has 0 spiro atoms. The zero-order valence-electron chi connectivity index (χ0n) is 38.0. The van der Waals surface area contributed by atoms with Crippen LogP contribution in [0.2, 0.25) is 0 Å². The molecule has 0 bridgehead atoms. The first-order valence-electron chi connectivity index (χ1n) is 23.3. The number of hydrogen-bond donors (Lipinski definition) is 0. The highest BCUT2D eigenvalue weighted by molar-refractivity contribution is 5.89. The number of benzene rings is 4. The Hall–Kier alpha value is -6.00. The molecule has 0 N–H and O–H groups in total. The van der Waals surface area contributed by atoms with Crippen molar-refractivity contribution < 1.29 is 47.5 Å². The lowest BCUT2D eigenvalue weighted by atomic mass is 9.85. The van der Waals surface area contributed by atoms with Gasteiger partial charge in [0.1, 0.15) is 23.0 Å². The molecule has 5 aromatic rings. The van der Waals surface area contributed by atoms with Gasteiger partial charge < -0.3 is 14.2 Å². The van der Waals surface area contributed by atoms with Crippen LogP contribution in [0.1, 0.15) is 107 Å². The van der Waals surface area contributed by atoms with Gasteiger partial charge in [0.15, 0.2) is 0 Å². The Morgan fingerprint density at radius 1 is 0.621 bits per heavy atom. The summed E-state index contributed by atoms with van der Waals surface area (Å²) in [6.07, 6.45) is 26.1. The second kappa shape index (κ2) is 24.0. The SMILES string of the molecule is CCCCCOc1ccc(C2=CC(c3ccc(OCCCCC)cc3)=C3CCCC(C=C/C=C/C=C4CCCc5c(-c6ccccc6)cc(-c6ccccc6)[o+]c54)=C3O2)cc1.[O-][Cl+3]([O-])([O-])[O-]. The summed E-state index contributed by atoms with van der Waals surface area (Å²) in [6.45, 7) is 5.92. The van der Waals surface area contributed by atoms with E-state index in [0.717, 1.165) is 110 Å². The minimum absolute atomic E-state index is 0.738. The standard InChI is InChI=1S/C57H59O4.ClHO4/c1-3-5-16-38-58-48-34-30-43(31-35-48)53-41-55(45-32-36-49(37-33-45)59-39-17-6-4-2)61-57-47(27-19-29-51(53)57)25-15-9-14-24-46-26-18-28-50-52(42-20-10-7-11-21-42)40-54(60-56(46)50)44-22-12-8-13-23-44;2-1(3,4)5/h7-15,20-25,30-37,40-41H,3-6,16-19,26-29,38-39H2,1-2H3;(H,2,3,4,5)/q+1;/p-1. The molecule has 4 aromatic carbocycles. The fourth-order valence-electron chi connectivity index (χ4n) is 8.51.